The molecule has 1 N–H and O–H groups in total. The smallest absolute Gasteiger partial charge is 0.243 e. The van der Waals surface area contributed by atoms with E-state index in [1.54, 1.807) is 18.2 Å². The molecular formula is C29H32Cl3N3O4S. The zero-order chi connectivity index (χ0) is 29.7. The van der Waals surface area contributed by atoms with Gasteiger partial charge in [0.25, 0.3) is 0 Å². The molecule has 3 aromatic rings. The number of benzene rings is 3. The summed E-state index contributed by atoms with van der Waals surface area (Å²) in [5.41, 5.74) is 0.683. The Balaban J connectivity index is 2.04. The molecule has 1 atom stereocenters. The van der Waals surface area contributed by atoms with Gasteiger partial charge in [0.05, 0.1) is 11.4 Å². The van der Waals surface area contributed by atoms with Crippen LogP contribution in [-0.4, -0.2) is 54.6 Å². The maximum Gasteiger partial charge on any atom is 0.243 e. The summed E-state index contributed by atoms with van der Waals surface area (Å²) in [4.78, 5) is 29.0. The fourth-order valence-corrected chi connectivity index (χ4v) is 5.78. The van der Waals surface area contributed by atoms with Crippen molar-refractivity contribution in [3.63, 3.8) is 0 Å². The van der Waals surface area contributed by atoms with Crippen molar-refractivity contribution < 1.29 is 18.0 Å². The first-order valence-corrected chi connectivity index (χ1v) is 15.1. The van der Waals surface area contributed by atoms with Crippen molar-refractivity contribution in [2.75, 3.05) is 13.6 Å². The van der Waals surface area contributed by atoms with Crippen LogP contribution in [0.15, 0.2) is 77.7 Å². The first kappa shape index (κ1) is 31.9. The number of sulfonamides is 1. The van der Waals surface area contributed by atoms with Crippen LogP contribution in [0.25, 0.3) is 0 Å². The van der Waals surface area contributed by atoms with E-state index in [0.29, 0.717) is 20.6 Å². The highest BCUT2D eigenvalue weighted by Crippen LogP contribution is 2.28. The van der Waals surface area contributed by atoms with Crippen molar-refractivity contribution in [3.8, 4) is 0 Å². The molecule has 0 aliphatic rings. The summed E-state index contributed by atoms with van der Waals surface area (Å²) in [6.45, 7) is 4.89. The molecule has 0 unspecified atom stereocenters. The van der Waals surface area contributed by atoms with E-state index >= 15 is 0 Å². The molecule has 0 aliphatic carbocycles. The lowest BCUT2D eigenvalue weighted by Crippen LogP contribution is -2.56. The third-order valence-corrected chi connectivity index (χ3v) is 8.82. The maximum atomic E-state index is 13.9. The Kier molecular flexibility index (Phi) is 10.7. The first-order chi connectivity index (χ1) is 18.7. The second-order valence-corrected chi connectivity index (χ2v) is 13.7. The summed E-state index contributed by atoms with van der Waals surface area (Å²) >= 11 is 18.8. The normalized spacial score (nSPS) is 12.7. The Morgan fingerprint density at radius 1 is 0.875 bits per heavy atom. The van der Waals surface area contributed by atoms with Gasteiger partial charge in [0.1, 0.15) is 6.04 Å². The van der Waals surface area contributed by atoms with Crippen LogP contribution in [0, 0.1) is 0 Å². The summed E-state index contributed by atoms with van der Waals surface area (Å²) in [7, 11) is -2.72. The molecule has 0 aliphatic heterocycles. The zero-order valence-corrected chi connectivity index (χ0v) is 25.8. The number of amides is 2. The summed E-state index contributed by atoms with van der Waals surface area (Å²) in [5, 5.41) is 3.99. The van der Waals surface area contributed by atoms with Crippen LogP contribution in [0.4, 0.5) is 0 Å². The Labute approximate surface area is 251 Å². The lowest BCUT2D eigenvalue weighted by Gasteiger charge is -2.35. The van der Waals surface area contributed by atoms with Crippen molar-refractivity contribution >= 4 is 56.6 Å². The second-order valence-electron chi connectivity index (χ2n) is 10.4. The maximum absolute atomic E-state index is 13.9. The van der Waals surface area contributed by atoms with E-state index in [1.165, 1.54) is 36.2 Å². The van der Waals surface area contributed by atoms with Gasteiger partial charge in [-0.25, -0.2) is 8.42 Å². The topological polar surface area (TPSA) is 86.8 Å². The number of rotatable bonds is 10. The summed E-state index contributed by atoms with van der Waals surface area (Å²) < 4.78 is 27.4. The van der Waals surface area contributed by atoms with Crippen molar-refractivity contribution in [2.45, 2.75) is 50.2 Å². The van der Waals surface area contributed by atoms with Gasteiger partial charge >= 0.3 is 0 Å². The van der Waals surface area contributed by atoms with Gasteiger partial charge in [-0.3, -0.25) is 9.59 Å². The highest BCUT2D eigenvalue weighted by Gasteiger charge is 2.35. The fourth-order valence-electron chi connectivity index (χ4n) is 4.01. The van der Waals surface area contributed by atoms with E-state index in [4.69, 9.17) is 34.8 Å². The quantitative estimate of drug-likeness (QED) is 0.308. The number of halogens is 3. The van der Waals surface area contributed by atoms with Crippen LogP contribution in [-0.2, 0) is 32.6 Å². The third kappa shape index (κ3) is 8.44. The molecule has 0 saturated heterocycles. The molecule has 214 valence electrons. The lowest BCUT2D eigenvalue weighted by molar-refractivity contribution is -0.141. The van der Waals surface area contributed by atoms with Crippen LogP contribution in [0.5, 0.6) is 0 Å². The van der Waals surface area contributed by atoms with Crippen LogP contribution in [0.1, 0.15) is 31.9 Å². The Morgan fingerprint density at radius 2 is 1.45 bits per heavy atom. The largest absolute Gasteiger partial charge is 0.350 e. The monoisotopic (exact) mass is 623 g/mol. The molecule has 0 spiro atoms. The zero-order valence-electron chi connectivity index (χ0n) is 22.7. The molecular weight excluding hydrogens is 593 g/mol. The molecule has 11 heteroatoms. The van der Waals surface area contributed by atoms with Gasteiger partial charge in [0.15, 0.2) is 0 Å². The third-order valence-electron chi connectivity index (χ3n) is 6.04. The standard InChI is InChI=1S/C29H32Cl3N3O4S/c1-29(2,3)33-28(37)26(17-20-9-6-5-7-10-20)35(18-23-24(31)11-8-12-25(23)32)27(36)19-34(4)40(38,39)22-15-13-21(30)14-16-22/h5-16,26H,17-19H2,1-4H3,(H,33,37)/t26-/m0/s1. The van der Waals surface area contributed by atoms with Gasteiger partial charge in [0, 0.05) is 46.2 Å². The van der Waals surface area contributed by atoms with Gasteiger partial charge < -0.3 is 10.2 Å². The molecule has 3 aromatic carbocycles. The number of hydrogen-bond acceptors (Lipinski definition) is 4. The SMILES string of the molecule is CN(CC(=O)N(Cc1c(Cl)cccc1Cl)[C@@H](Cc1ccccc1)C(=O)NC(C)(C)C)S(=O)(=O)c1ccc(Cl)cc1. The van der Waals surface area contributed by atoms with Crippen LogP contribution >= 0.6 is 34.8 Å². The van der Waals surface area contributed by atoms with E-state index in [-0.39, 0.29) is 17.9 Å². The number of hydrogen-bond donors (Lipinski definition) is 1. The van der Waals surface area contributed by atoms with Gasteiger partial charge in [-0.15, -0.1) is 0 Å². The Bertz CT molecular complexity index is 1420. The van der Waals surface area contributed by atoms with Gasteiger partial charge in [-0.05, 0) is 62.7 Å². The average Bonchev–Trinajstić information content (AvgIpc) is 2.87. The minimum Gasteiger partial charge on any atom is -0.350 e. The van der Waals surface area contributed by atoms with E-state index in [9.17, 15) is 18.0 Å². The van der Waals surface area contributed by atoms with Gasteiger partial charge in [-0.1, -0.05) is 71.2 Å². The van der Waals surface area contributed by atoms with E-state index in [1.807, 2.05) is 51.1 Å². The number of carbonyl (C=O) groups is 2. The molecule has 0 heterocycles. The molecule has 0 saturated carbocycles. The molecule has 0 aromatic heterocycles. The van der Waals surface area contributed by atoms with Crippen molar-refractivity contribution in [1.82, 2.24) is 14.5 Å². The molecule has 3 rings (SSSR count). The van der Waals surface area contributed by atoms with Gasteiger partial charge in [-0.2, -0.15) is 4.31 Å². The minimum absolute atomic E-state index is 0.0146. The molecule has 0 fully saturated rings. The average molecular weight is 625 g/mol. The van der Waals surface area contributed by atoms with Crippen molar-refractivity contribution in [3.05, 3.63) is 99.0 Å². The minimum atomic E-state index is -4.03. The summed E-state index contributed by atoms with van der Waals surface area (Å²) in [6, 6.07) is 18.9. The van der Waals surface area contributed by atoms with Crippen molar-refractivity contribution in [1.29, 1.82) is 0 Å². The highest BCUT2D eigenvalue weighted by molar-refractivity contribution is 7.89. The van der Waals surface area contributed by atoms with Gasteiger partial charge in [0.2, 0.25) is 21.8 Å². The van der Waals surface area contributed by atoms with Crippen LogP contribution in [0.2, 0.25) is 15.1 Å². The number of likely N-dealkylation sites (N-methyl/N-ethyl adjacent to an activating group) is 1. The highest BCUT2D eigenvalue weighted by atomic mass is 35.5. The van der Waals surface area contributed by atoms with Crippen molar-refractivity contribution in [2.24, 2.45) is 0 Å². The molecule has 2 amide bonds. The van der Waals surface area contributed by atoms with Crippen LogP contribution < -0.4 is 5.32 Å². The number of nitrogens with one attached hydrogen (secondary N) is 1. The predicted molar refractivity (Wildman–Crippen MR) is 160 cm³/mol. The van der Waals surface area contributed by atoms with E-state index in [0.717, 1.165) is 9.87 Å². The number of carbonyl (C=O) groups excluding carboxylic acids is 2. The Hall–Kier alpha value is -2.62. The first-order valence-electron chi connectivity index (χ1n) is 12.5. The summed E-state index contributed by atoms with van der Waals surface area (Å²) in [5.74, 6) is -0.989. The fraction of sp³-hybridized carbons (Fsp3) is 0.310. The summed E-state index contributed by atoms with van der Waals surface area (Å²) in [6.07, 6.45) is 0.185. The molecule has 7 nitrogen and oxygen atoms in total. The second kappa shape index (κ2) is 13.4. The predicted octanol–water partition coefficient (Wildman–Crippen LogP) is 5.82. The van der Waals surface area contributed by atoms with E-state index < -0.39 is 40.0 Å². The molecule has 0 radical (unpaired) electrons. The van der Waals surface area contributed by atoms with E-state index in [2.05, 4.69) is 5.32 Å². The Morgan fingerprint density at radius 3 is 2.00 bits per heavy atom. The molecule has 40 heavy (non-hydrogen) atoms. The molecule has 0 bridgehead atoms. The number of nitrogens with zero attached hydrogens (tertiary/aromatic N) is 2. The van der Waals surface area contributed by atoms with Crippen LogP contribution in [0.3, 0.4) is 0 Å². The lowest BCUT2D eigenvalue weighted by atomic mass is 10.0.